The van der Waals surface area contributed by atoms with Gasteiger partial charge in [-0.1, -0.05) is 30.3 Å². The predicted octanol–water partition coefficient (Wildman–Crippen LogP) is 0.292. The molecule has 1 aromatic rings. The molecule has 1 aliphatic heterocycles. The molecule has 1 aliphatic rings. The lowest BCUT2D eigenvalue weighted by molar-refractivity contribution is -0.148. The summed E-state index contributed by atoms with van der Waals surface area (Å²) in [5.74, 6) is -1.58. The summed E-state index contributed by atoms with van der Waals surface area (Å²) in [4.78, 5) is 36.1. The molecular formula is C19H28N4O4. The van der Waals surface area contributed by atoms with Crippen molar-refractivity contribution in [3.63, 3.8) is 0 Å². The molecule has 0 aromatic heterocycles. The molecule has 148 valence electrons. The fourth-order valence-electron chi connectivity index (χ4n) is 3.09. The van der Waals surface area contributed by atoms with Gasteiger partial charge < -0.3 is 15.7 Å². The van der Waals surface area contributed by atoms with Crippen molar-refractivity contribution in [2.45, 2.75) is 50.7 Å². The number of aliphatic carboxylic acids is 1. The first-order valence-corrected chi connectivity index (χ1v) is 9.24. The molecule has 1 heterocycles. The molecule has 2 rings (SSSR count). The van der Waals surface area contributed by atoms with Crippen molar-refractivity contribution in [1.82, 2.24) is 21.1 Å². The van der Waals surface area contributed by atoms with Crippen LogP contribution in [0.25, 0.3) is 0 Å². The van der Waals surface area contributed by atoms with Crippen molar-refractivity contribution in [3.8, 4) is 0 Å². The fraction of sp³-hybridized carbons (Fsp3) is 0.526. The van der Waals surface area contributed by atoms with Gasteiger partial charge in [-0.15, -0.1) is 0 Å². The van der Waals surface area contributed by atoms with Gasteiger partial charge >= 0.3 is 5.97 Å². The van der Waals surface area contributed by atoms with E-state index in [0.717, 1.165) is 12.0 Å². The molecule has 0 saturated carbocycles. The van der Waals surface area contributed by atoms with Gasteiger partial charge in [0.2, 0.25) is 5.91 Å². The lowest BCUT2D eigenvalue weighted by atomic mass is 10.0. The number of likely N-dealkylation sites (N-methyl/N-ethyl adjacent to an activating group) is 1. The van der Waals surface area contributed by atoms with Gasteiger partial charge in [-0.3, -0.25) is 19.4 Å². The molecule has 8 nitrogen and oxygen atoms in total. The normalized spacial score (nSPS) is 19.2. The first-order valence-electron chi connectivity index (χ1n) is 9.24. The third kappa shape index (κ3) is 6.04. The molecule has 2 amide bonds. The van der Waals surface area contributed by atoms with Crippen molar-refractivity contribution in [3.05, 3.63) is 35.9 Å². The van der Waals surface area contributed by atoms with Crippen molar-refractivity contribution in [2.24, 2.45) is 0 Å². The Morgan fingerprint density at radius 2 is 2.00 bits per heavy atom. The van der Waals surface area contributed by atoms with E-state index in [2.05, 4.69) is 16.1 Å². The van der Waals surface area contributed by atoms with Gasteiger partial charge in [0.05, 0.1) is 6.04 Å². The Morgan fingerprint density at radius 1 is 1.30 bits per heavy atom. The quantitative estimate of drug-likeness (QED) is 0.519. The van der Waals surface area contributed by atoms with Crippen molar-refractivity contribution in [1.29, 1.82) is 0 Å². The Labute approximate surface area is 159 Å². The van der Waals surface area contributed by atoms with Gasteiger partial charge in [0, 0.05) is 6.54 Å². The maximum Gasteiger partial charge on any atom is 0.322 e. The average molecular weight is 376 g/mol. The Kier molecular flexibility index (Phi) is 7.75. The highest BCUT2D eigenvalue weighted by Gasteiger charge is 2.31. The smallest absolute Gasteiger partial charge is 0.322 e. The van der Waals surface area contributed by atoms with Gasteiger partial charge in [-0.25, -0.2) is 5.43 Å². The van der Waals surface area contributed by atoms with Gasteiger partial charge in [0.25, 0.3) is 5.91 Å². The van der Waals surface area contributed by atoms with E-state index >= 15 is 0 Å². The van der Waals surface area contributed by atoms with Crippen LogP contribution in [0, 0.1) is 0 Å². The third-order valence-corrected chi connectivity index (χ3v) is 4.71. The Morgan fingerprint density at radius 3 is 2.63 bits per heavy atom. The lowest BCUT2D eigenvalue weighted by Crippen LogP contribution is -2.60. The average Bonchev–Trinajstić information content (AvgIpc) is 2.68. The van der Waals surface area contributed by atoms with Crippen LogP contribution in [0.4, 0.5) is 0 Å². The van der Waals surface area contributed by atoms with E-state index in [1.807, 2.05) is 30.3 Å². The summed E-state index contributed by atoms with van der Waals surface area (Å²) >= 11 is 0. The van der Waals surface area contributed by atoms with E-state index in [4.69, 9.17) is 5.11 Å². The van der Waals surface area contributed by atoms with Crippen LogP contribution in [0.2, 0.25) is 0 Å². The van der Waals surface area contributed by atoms with E-state index in [-0.39, 0.29) is 11.8 Å². The molecule has 1 saturated heterocycles. The summed E-state index contributed by atoms with van der Waals surface area (Å²) in [7, 11) is 1.71. The molecule has 3 atom stereocenters. The SMILES string of the molecule is CN[C@@H](CCc1ccccc1)C(=O)N[C@@H](C)C(=O)N1CCC[C@@H](C(=O)O)N1. The fourth-order valence-corrected chi connectivity index (χ4v) is 3.09. The van der Waals surface area contributed by atoms with Crippen LogP contribution in [0.3, 0.4) is 0 Å². The predicted molar refractivity (Wildman–Crippen MR) is 101 cm³/mol. The van der Waals surface area contributed by atoms with E-state index in [1.54, 1.807) is 14.0 Å². The van der Waals surface area contributed by atoms with Gasteiger partial charge in [-0.05, 0) is 45.2 Å². The number of hydrogen-bond donors (Lipinski definition) is 4. The second-order valence-corrected chi connectivity index (χ2v) is 6.75. The molecule has 4 N–H and O–H groups in total. The van der Waals surface area contributed by atoms with Crippen LogP contribution in [0.1, 0.15) is 31.7 Å². The summed E-state index contributed by atoms with van der Waals surface area (Å²) in [6, 6.07) is 7.95. The number of nitrogens with one attached hydrogen (secondary N) is 3. The number of hydrazine groups is 1. The number of aryl methyl sites for hydroxylation is 1. The zero-order valence-corrected chi connectivity index (χ0v) is 15.8. The van der Waals surface area contributed by atoms with Crippen molar-refractivity contribution < 1.29 is 19.5 Å². The van der Waals surface area contributed by atoms with Crippen LogP contribution >= 0.6 is 0 Å². The number of hydrogen-bond acceptors (Lipinski definition) is 5. The molecule has 1 aromatic carbocycles. The maximum atomic E-state index is 12.5. The highest BCUT2D eigenvalue weighted by Crippen LogP contribution is 2.09. The Hall–Kier alpha value is -2.45. The number of amides is 2. The molecule has 27 heavy (non-hydrogen) atoms. The van der Waals surface area contributed by atoms with Gasteiger partial charge in [0.1, 0.15) is 12.1 Å². The molecular weight excluding hydrogens is 348 g/mol. The summed E-state index contributed by atoms with van der Waals surface area (Å²) in [6.45, 7) is 2.03. The molecule has 8 heteroatoms. The van der Waals surface area contributed by atoms with E-state index in [1.165, 1.54) is 5.01 Å². The molecule has 0 aliphatic carbocycles. The molecule has 0 spiro atoms. The molecule has 0 unspecified atom stereocenters. The van der Waals surface area contributed by atoms with Crippen molar-refractivity contribution >= 4 is 17.8 Å². The van der Waals surface area contributed by atoms with E-state index < -0.39 is 24.1 Å². The monoisotopic (exact) mass is 376 g/mol. The van der Waals surface area contributed by atoms with Crippen LogP contribution < -0.4 is 16.1 Å². The molecule has 1 fully saturated rings. The standard InChI is InChI=1S/C19H28N4O4/c1-13(18(25)23-12-6-9-16(22-23)19(26)27)21-17(24)15(20-2)11-10-14-7-4-3-5-8-14/h3-5,7-8,13,15-16,20,22H,6,9-12H2,1-2H3,(H,21,24)(H,26,27)/t13-,15-,16-/m0/s1. The second kappa shape index (κ2) is 10.0. The van der Waals surface area contributed by atoms with E-state index in [9.17, 15) is 14.4 Å². The van der Waals surface area contributed by atoms with E-state index in [0.29, 0.717) is 25.8 Å². The number of nitrogens with zero attached hydrogens (tertiary/aromatic N) is 1. The first kappa shape index (κ1) is 20.9. The molecule has 0 radical (unpaired) electrons. The summed E-state index contributed by atoms with van der Waals surface area (Å²) < 4.78 is 0. The highest BCUT2D eigenvalue weighted by molar-refractivity contribution is 5.89. The van der Waals surface area contributed by atoms with Crippen LogP contribution in [-0.4, -0.2) is 59.6 Å². The topological polar surface area (TPSA) is 111 Å². The zero-order chi connectivity index (χ0) is 19.8. The van der Waals surface area contributed by atoms with Gasteiger partial charge in [0.15, 0.2) is 0 Å². The van der Waals surface area contributed by atoms with Gasteiger partial charge in [-0.2, -0.15) is 0 Å². The van der Waals surface area contributed by atoms with Crippen LogP contribution in [0.5, 0.6) is 0 Å². The number of carbonyl (C=O) groups is 3. The number of carbonyl (C=O) groups excluding carboxylic acids is 2. The number of carboxylic acids is 1. The number of benzene rings is 1. The summed E-state index contributed by atoms with van der Waals surface area (Å²) in [5, 5.41) is 16.1. The third-order valence-electron chi connectivity index (χ3n) is 4.71. The zero-order valence-electron chi connectivity index (χ0n) is 15.8. The minimum absolute atomic E-state index is 0.249. The second-order valence-electron chi connectivity index (χ2n) is 6.75. The largest absolute Gasteiger partial charge is 0.480 e. The highest BCUT2D eigenvalue weighted by atomic mass is 16.4. The minimum Gasteiger partial charge on any atom is -0.480 e. The minimum atomic E-state index is -0.986. The first-order chi connectivity index (χ1) is 12.9. The van der Waals surface area contributed by atoms with Crippen molar-refractivity contribution in [2.75, 3.05) is 13.6 Å². The number of carboxylic acid groups (broad SMARTS) is 1. The molecule has 0 bridgehead atoms. The summed E-state index contributed by atoms with van der Waals surface area (Å²) in [5.41, 5.74) is 3.86. The Bertz CT molecular complexity index is 652. The number of rotatable bonds is 8. The maximum absolute atomic E-state index is 12.5. The Balaban J connectivity index is 1.86. The summed E-state index contributed by atoms with van der Waals surface area (Å²) in [6.07, 6.45) is 2.43. The van der Waals surface area contributed by atoms with Crippen LogP contribution in [0.15, 0.2) is 30.3 Å². The lowest BCUT2D eigenvalue weighted by Gasteiger charge is -2.33. The van der Waals surface area contributed by atoms with Crippen LogP contribution in [-0.2, 0) is 20.8 Å².